The van der Waals surface area contributed by atoms with Crippen molar-refractivity contribution in [1.82, 2.24) is 15.4 Å². The number of carbonyl (C=O) groups is 2. The van der Waals surface area contributed by atoms with Crippen LogP contribution in [0.4, 0.5) is 0 Å². The fourth-order valence-electron chi connectivity index (χ4n) is 1.84. The molecule has 0 spiro atoms. The van der Waals surface area contributed by atoms with E-state index in [9.17, 15) is 18.0 Å². The first-order valence-electron chi connectivity index (χ1n) is 7.74. The second-order valence-corrected chi connectivity index (χ2v) is 8.09. The number of benzene rings is 1. The first kappa shape index (κ1) is 20.1. The maximum Gasteiger partial charge on any atom is 0.251 e. The van der Waals surface area contributed by atoms with Crippen molar-refractivity contribution >= 4 is 21.8 Å². The summed E-state index contributed by atoms with van der Waals surface area (Å²) < 4.78 is 26.9. The van der Waals surface area contributed by atoms with Crippen LogP contribution in [0.25, 0.3) is 0 Å². The van der Waals surface area contributed by atoms with E-state index >= 15 is 0 Å². The molecule has 2 amide bonds. The molecule has 0 aliphatic rings. The molecule has 134 valence electrons. The lowest BCUT2D eigenvalue weighted by Gasteiger charge is -2.20. The van der Waals surface area contributed by atoms with Gasteiger partial charge in [0.2, 0.25) is 15.9 Å². The summed E-state index contributed by atoms with van der Waals surface area (Å²) in [6, 6.07) is 5.55. The number of sulfonamides is 1. The van der Waals surface area contributed by atoms with Crippen LogP contribution in [0.1, 0.15) is 44.5 Å². The monoisotopic (exact) mass is 355 g/mol. The third-order valence-corrected chi connectivity index (χ3v) is 4.62. The van der Waals surface area contributed by atoms with E-state index in [1.54, 1.807) is 20.8 Å². The van der Waals surface area contributed by atoms with Crippen molar-refractivity contribution in [3.05, 3.63) is 29.8 Å². The van der Waals surface area contributed by atoms with Crippen molar-refractivity contribution in [2.45, 2.75) is 44.6 Å². The molecule has 0 aromatic heterocycles. The van der Waals surface area contributed by atoms with Crippen molar-refractivity contribution in [1.29, 1.82) is 0 Å². The molecule has 1 aromatic rings. The maximum atomic E-state index is 12.2. The zero-order chi connectivity index (χ0) is 18.4. The summed E-state index contributed by atoms with van der Waals surface area (Å²) in [5.41, 5.74) is -0.311. The van der Waals surface area contributed by atoms with E-state index < -0.39 is 21.5 Å². The van der Waals surface area contributed by atoms with E-state index in [2.05, 4.69) is 15.4 Å². The summed E-state index contributed by atoms with van der Waals surface area (Å²) in [5, 5.41) is 5.14. The second kappa shape index (κ2) is 8.25. The van der Waals surface area contributed by atoms with Gasteiger partial charge in [-0.2, -0.15) is 0 Å². The summed E-state index contributed by atoms with van der Waals surface area (Å²) in [7, 11) is -3.64. The summed E-state index contributed by atoms with van der Waals surface area (Å²) >= 11 is 0. The second-order valence-electron chi connectivity index (χ2n) is 6.41. The molecule has 0 saturated carbocycles. The van der Waals surface area contributed by atoms with Crippen LogP contribution in [-0.2, 0) is 14.8 Å². The molecule has 0 aliphatic carbocycles. The van der Waals surface area contributed by atoms with Crippen LogP contribution < -0.4 is 15.4 Å². The van der Waals surface area contributed by atoms with E-state index in [4.69, 9.17) is 0 Å². The minimum atomic E-state index is -3.64. The molecule has 0 bridgehead atoms. The molecule has 0 heterocycles. The first-order chi connectivity index (χ1) is 11.0. The highest BCUT2D eigenvalue weighted by molar-refractivity contribution is 7.89. The van der Waals surface area contributed by atoms with E-state index in [-0.39, 0.29) is 22.9 Å². The fourth-order valence-corrected chi connectivity index (χ4v) is 3.26. The lowest BCUT2D eigenvalue weighted by molar-refractivity contribution is -0.120. The third-order valence-electron chi connectivity index (χ3n) is 2.85. The zero-order valence-electron chi connectivity index (χ0n) is 14.5. The molecular formula is C16H25N3O4S. The largest absolute Gasteiger partial charge is 0.355 e. The highest BCUT2D eigenvalue weighted by Gasteiger charge is 2.22. The molecule has 0 aliphatic heterocycles. The van der Waals surface area contributed by atoms with Crippen molar-refractivity contribution in [3.63, 3.8) is 0 Å². The van der Waals surface area contributed by atoms with Crippen molar-refractivity contribution in [2.24, 2.45) is 0 Å². The lowest BCUT2D eigenvalue weighted by Crippen LogP contribution is -2.40. The average molecular weight is 355 g/mol. The van der Waals surface area contributed by atoms with Crippen LogP contribution in [0.2, 0.25) is 0 Å². The van der Waals surface area contributed by atoms with Gasteiger partial charge in [-0.25, -0.2) is 13.1 Å². The molecule has 24 heavy (non-hydrogen) atoms. The third kappa shape index (κ3) is 6.67. The molecule has 0 radical (unpaired) electrons. The Labute approximate surface area is 143 Å². The van der Waals surface area contributed by atoms with Gasteiger partial charge in [0.15, 0.2) is 0 Å². The quantitative estimate of drug-likeness (QED) is 0.679. The van der Waals surface area contributed by atoms with Crippen molar-refractivity contribution < 1.29 is 18.0 Å². The topological polar surface area (TPSA) is 104 Å². The smallest absolute Gasteiger partial charge is 0.251 e. The highest BCUT2D eigenvalue weighted by atomic mass is 32.2. The standard InChI is InChI=1S/C16H25N3O4S/c1-5-10-17-14(20)11-18-15(21)12-6-8-13(9-7-12)24(22,23)19-16(2,3)4/h6-9,19H,5,10-11H2,1-4H3,(H,17,20)(H,18,21). The Morgan fingerprint density at radius 3 is 2.12 bits per heavy atom. The number of amides is 2. The maximum absolute atomic E-state index is 12.2. The summed E-state index contributed by atoms with van der Waals surface area (Å²) in [5.74, 6) is -0.701. The summed E-state index contributed by atoms with van der Waals surface area (Å²) in [6.07, 6.45) is 0.818. The number of nitrogens with one attached hydrogen (secondary N) is 3. The zero-order valence-corrected chi connectivity index (χ0v) is 15.3. The number of carbonyl (C=O) groups excluding carboxylic acids is 2. The van der Waals surface area contributed by atoms with Crippen molar-refractivity contribution in [2.75, 3.05) is 13.1 Å². The molecule has 1 rings (SSSR count). The van der Waals surface area contributed by atoms with Gasteiger partial charge >= 0.3 is 0 Å². The average Bonchev–Trinajstić information content (AvgIpc) is 2.48. The van der Waals surface area contributed by atoms with E-state index in [0.717, 1.165) is 6.42 Å². The molecule has 0 atom stereocenters. The van der Waals surface area contributed by atoms with Gasteiger partial charge in [-0.15, -0.1) is 0 Å². The highest BCUT2D eigenvalue weighted by Crippen LogP contribution is 2.13. The van der Waals surface area contributed by atoms with Crippen LogP contribution in [0.15, 0.2) is 29.2 Å². The molecule has 3 N–H and O–H groups in total. The molecule has 7 nitrogen and oxygen atoms in total. The van der Waals surface area contributed by atoms with Crippen LogP contribution in [-0.4, -0.2) is 38.9 Å². The van der Waals surface area contributed by atoms with Crippen LogP contribution in [0.3, 0.4) is 0 Å². The van der Waals surface area contributed by atoms with E-state index in [1.165, 1.54) is 24.3 Å². The fraction of sp³-hybridized carbons (Fsp3) is 0.500. The van der Waals surface area contributed by atoms with Crippen LogP contribution >= 0.6 is 0 Å². The summed E-state index contributed by atoms with van der Waals surface area (Å²) in [4.78, 5) is 23.5. The number of rotatable bonds is 7. The Morgan fingerprint density at radius 2 is 1.62 bits per heavy atom. The summed E-state index contributed by atoms with van der Waals surface area (Å²) in [6.45, 7) is 7.61. The van der Waals surface area contributed by atoms with Gasteiger partial charge in [-0.1, -0.05) is 6.92 Å². The molecule has 0 unspecified atom stereocenters. The Balaban J connectivity index is 2.70. The minimum Gasteiger partial charge on any atom is -0.355 e. The molecule has 0 fully saturated rings. The van der Waals surface area contributed by atoms with Gasteiger partial charge in [0.05, 0.1) is 11.4 Å². The Hall–Kier alpha value is -1.93. The molecule has 8 heteroatoms. The van der Waals surface area contributed by atoms with Gasteiger partial charge in [0.25, 0.3) is 5.91 Å². The predicted octanol–water partition coefficient (Wildman–Crippen LogP) is 1.02. The number of hydrogen-bond donors (Lipinski definition) is 3. The van der Waals surface area contributed by atoms with Gasteiger partial charge in [0.1, 0.15) is 0 Å². The normalized spacial score (nSPS) is 11.8. The molecule has 0 saturated heterocycles. The Morgan fingerprint density at radius 1 is 1.04 bits per heavy atom. The molecule has 1 aromatic carbocycles. The van der Waals surface area contributed by atoms with E-state index in [1.807, 2.05) is 6.92 Å². The molecular weight excluding hydrogens is 330 g/mol. The van der Waals surface area contributed by atoms with Gasteiger partial charge in [-0.3, -0.25) is 9.59 Å². The predicted molar refractivity (Wildman–Crippen MR) is 92.2 cm³/mol. The SMILES string of the molecule is CCCNC(=O)CNC(=O)c1ccc(S(=O)(=O)NC(C)(C)C)cc1. The first-order valence-corrected chi connectivity index (χ1v) is 9.22. The Kier molecular flexibility index (Phi) is 6.92. The van der Waals surface area contributed by atoms with E-state index in [0.29, 0.717) is 6.54 Å². The Bertz CT molecular complexity index is 676. The van der Waals surface area contributed by atoms with Crippen molar-refractivity contribution in [3.8, 4) is 0 Å². The number of hydrogen-bond acceptors (Lipinski definition) is 4. The van der Waals surface area contributed by atoms with Crippen LogP contribution in [0, 0.1) is 0 Å². The van der Waals surface area contributed by atoms with Crippen LogP contribution in [0.5, 0.6) is 0 Å². The van der Waals surface area contributed by atoms with Gasteiger partial charge in [0, 0.05) is 17.6 Å². The van der Waals surface area contributed by atoms with Gasteiger partial charge in [-0.05, 0) is 51.5 Å². The lowest BCUT2D eigenvalue weighted by atomic mass is 10.1. The minimum absolute atomic E-state index is 0.0784. The van der Waals surface area contributed by atoms with Gasteiger partial charge < -0.3 is 10.6 Å².